The number of nitrogens with zero attached hydrogens (tertiary/aromatic N) is 5. The summed E-state index contributed by atoms with van der Waals surface area (Å²) in [6.07, 6.45) is 12.1. The van der Waals surface area contributed by atoms with Crippen molar-refractivity contribution in [1.29, 1.82) is 5.26 Å². The number of halogens is 1. The average molecular weight is 738 g/mol. The first-order chi connectivity index (χ1) is 25.7. The van der Waals surface area contributed by atoms with Crippen molar-refractivity contribution in [3.8, 4) is 17.6 Å². The van der Waals surface area contributed by atoms with Crippen LogP contribution in [0.5, 0.6) is 11.5 Å². The van der Waals surface area contributed by atoms with E-state index < -0.39 is 17.5 Å². The number of allylic oxidation sites excluding steroid dienone is 3. The number of ether oxygens (including phenoxy) is 2. The number of aromatic nitrogens is 4. The Hall–Kier alpha value is -5.06. The number of nitriles is 1. The van der Waals surface area contributed by atoms with Gasteiger partial charge >= 0.3 is 5.97 Å². The first kappa shape index (κ1) is 37.7. The molecule has 3 unspecified atom stereocenters. The van der Waals surface area contributed by atoms with Gasteiger partial charge in [0, 0.05) is 48.9 Å². The Balaban J connectivity index is 1.31. The lowest BCUT2D eigenvalue weighted by Crippen LogP contribution is -2.40. The molecule has 0 bridgehead atoms. The lowest BCUT2D eigenvalue weighted by atomic mass is 9.67. The van der Waals surface area contributed by atoms with Crippen LogP contribution in [0.15, 0.2) is 79.3 Å². The molecule has 1 aliphatic heterocycles. The van der Waals surface area contributed by atoms with Crippen molar-refractivity contribution in [2.24, 2.45) is 5.92 Å². The van der Waals surface area contributed by atoms with E-state index in [2.05, 4.69) is 83.4 Å². The van der Waals surface area contributed by atoms with E-state index in [1.54, 1.807) is 24.4 Å². The molecule has 3 atom stereocenters. The average Bonchev–Trinajstić information content (AvgIpc) is 3.66. The van der Waals surface area contributed by atoms with E-state index in [0.717, 1.165) is 37.2 Å². The standard InChI is InChI=1S/C40H44ClN7O5/c1-26-6-3-4-7-33(26)34-8-5-11-40(27(34)2,38-23-48(47-46-38)31-9-12-43-13-10-31)25-53-37-17-36(52-24-29-14-28(18-42)19-44-20-29)30(15-35(37)41)21-45-22-32(49)16-39(50)51/h3-8,11,14-15,17,19-20,23,27,31-32,43,45,49H,9-10,12-13,16,21-22,24-25H2,1-2H3,(H,50,51). The molecule has 2 aliphatic rings. The van der Waals surface area contributed by atoms with Crippen molar-refractivity contribution in [2.75, 3.05) is 26.2 Å². The van der Waals surface area contributed by atoms with E-state index in [-0.39, 0.29) is 44.7 Å². The number of hydrogen-bond donors (Lipinski definition) is 4. The fourth-order valence-electron chi connectivity index (χ4n) is 7.00. The summed E-state index contributed by atoms with van der Waals surface area (Å²) in [5.74, 6) is -0.276. The molecule has 3 heterocycles. The summed E-state index contributed by atoms with van der Waals surface area (Å²) in [4.78, 5) is 15.2. The maximum Gasteiger partial charge on any atom is 0.306 e. The second-order valence-corrected chi connectivity index (χ2v) is 14.1. The van der Waals surface area contributed by atoms with Crippen LogP contribution in [0.1, 0.15) is 65.7 Å². The number of carboxylic acids is 1. The van der Waals surface area contributed by atoms with E-state index in [1.807, 2.05) is 10.7 Å². The maximum absolute atomic E-state index is 11.1. The van der Waals surface area contributed by atoms with Crippen LogP contribution in [0.3, 0.4) is 0 Å². The van der Waals surface area contributed by atoms with E-state index in [4.69, 9.17) is 31.3 Å². The molecule has 13 heteroatoms. The van der Waals surface area contributed by atoms with Gasteiger partial charge < -0.3 is 30.3 Å². The van der Waals surface area contributed by atoms with E-state index in [1.165, 1.54) is 17.3 Å². The van der Waals surface area contributed by atoms with Crippen LogP contribution >= 0.6 is 11.6 Å². The summed E-state index contributed by atoms with van der Waals surface area (Å²) in [5, 5.41) is 44.8. The number of carbonyl (C=O) groups is 1. The minimum Gasteiger partial charge on any atom is -0.491 e. The van der Waals surface area contributed by atoms with Gasteiger partial charge in [0.2, 0.25) is 0 Å². The predicted octanol–water partition coefficient (Wildman–Crippen LogP) is 5.54. The van der Waals surface area contributed by atoms with Crippen LogP contribution in [0.4, 0.5) is 0 Å². The Labute approximate surface area is 314 Å². The first-order valence-electron chi connectivity index (χ1n) is 17.8. The number of aliphatic carboxylic acids is 1. The zero-order chi connectivity index (χ0) is 37.4. The molecule has 1 aliphatic carbocycles. The van der Waals surface area contributed by atoms with Crippen molar-refractivity contribution in [3.63, 3.8) is 0 Å². The van der Waals surface area contributed by atoms with Crippen LogP contribution in [-0.4, -0.2) is 68.5 Å². The monoisotopic (exact) mass is 737 g/mol. The molecular formula is C40H44ClN7O5. The fourth-order valence-corrected chi connectivity index (χ4v) is 7.24. The number of carboxylic acid groups (broad SMARTS) is 1. The second-order valence-electron chi connectivity index (χ2n) is 13.7. The first-order valence-corrected chi connectivity index (χ1v) is 18.2. The molecule has 0 amide bonds. The Morgan fingerprint density at radius 1 is 1.19 bits per heavy atom. The number of piperidine rings is 1. The molecule has 2 aromatic carbocycles. The normalized spacial score (nSPS) is 19.3. The van der Waals surface area contributed by atoms with Gasteiger partial charge in [-0.15, -0.1) is 5.10 Å². The highest BCUT2D eigenvalue weighted by molar-refractivity contribution is 6.32. The van der Waals surface area contributed by atoms with Crippen LogP contribution in [0.25, 0.3) is 5.57 Å². The summed E-state index contributed by atoms with van der Waals surface area (Å²) in [6, 6.07) is 15.9. The van der Waals surface area contributed by atoms with Gasteiger partial charge in [-0.3, -0.25) is 9.78 Å². The summed E-state index contributed by atoms with van der Waals surface area (Å²) in [5.41, 5.74) is 5.39. The second kappa shape index (κ2) is 17.2. The summed E-state index contributed by atoms with van der Waals surface area (Å²) in [7, 11) is 0. The molecular weight excluding hydrogens is 694 g/mol. The summed E-state index contributed by atoms with van der Waals surface area (Å²) >= 11 is 6.92. The van der Waals surface area contributed by atoms with Crippen molar-refractivity contribution < 1.29 is 24.5 Å². The Kier molecular flexibility index (Phi) is 12.2. The van der Waals surface area contributed by atoms with Gasteiger partial charge in [0.25, 0.3) is 0 Å². The number of hydrogen-bond acceptors (Lipinski definition) is 10. The predicted molar refractivity (Wildman–Crippen MR) is 200 cm³/mol. The molecule has 4 aromatic rings. The molecule has 6 rings (SSSR count). The molecule has 0 spiro atoms. The lowest BCUT2D eigenvalue weighted by molar-refractivity contribution is -0.139. The SMILES string of the molecule is Cc1ccccc1C1=CC=CC(COc2cc(OCc3cncc(C#N)c3)c(CNCC(O)CC(=O)O)cc2Cl)(c2cn(C3CCNCC3)nn2)C1C. The van der Waals surface area contributed by atoms with Gasteiger partial charge in [0.1, 0.15) is 30.8 Å². The summed E-state index contributed by atoms with van der Waals surface area (Å²) < 4.78 is 15.0. The van der Waals surface area contributed by atoms with Gasteiger partial charge in [-0.25, -0.2) is 4.68 Å². The molecule has 1 saturated heterocycles. The zero-order valence-corrected chi connectivity index (χ0v) is 30.6. The highest BCUT2D eigenvalue weighted by Gasteiger charge is 2.43. The van der Waals surface area contributed by atoms with Crippen molar-refractivity contribution >= 4 is 23.1 Å². The van der Waals surface area contributed by atoms with Crippen LogP contribution < -0.4 is 20.1 Å². The van der Waals surface area contributed by atoms with Crippen LogP contribution in [0.2, 0.25) is 5.02 Å². The molecule has 2 aromatic heterocycles. The molecule has 276 valence electrons. The van der Waals surface area contributed by atoms with Gasteiger partial charge in [-0.05, 0) is 67.6 Å². The largest absolute Gasteiger partial charge is 0.491 e. The highest BCUT2D eigenvalue weighted by atomic mass is 35.5. The quantitative estimate of drug-likeness (QED) is 0.121. The van der Waals surface area contributed by atoms with Gasteiger partial charge in [0.15, 0.2) is 0 Å². The third kappa shape index (κ3) is 8.95. The number of pyridine rings is 1. The number of aliphatic hydroxyl groups is 1. The zero-order valence-electron chi connectivity index (χ0n) is 29.8. The van der Waals surface area contributed by atoms with Crippen molar-refractivity contribution in [3.05, 3.63) is 118 Å². The maximum atomic E-state index is 11.1. The van der Waals surface area contributed by atoms with Gasteiger partial charge in [0.05, 0.1) is 40.3 Å². The smallest absolute Gasteiger partial charge is 0.306 e. The van der Waals surface area contributed by atoms with Crippen LogP contribution in [0, 0.1) is 24.2 Å². The third-order valence-corrected chi connectivity index (χ3v) is 10.3. The van der Waals surface area contributed by atoms with E-state index in [0.29, 0.717) is 33.2 Å². The topological polar surface area (TPSA) is 167 Å². The number of rotatable bonds is 15. The fraction of sp³-hybridized carbons (Fsp3) is 0.375. The van der Waals surface area contributed by atoms with Gasteiger partial charge in [-0.2, -0.15) is 5.26 Å². The minimum absolute atomic E-state index is 0.0529. The molecule has 1 fully saturated rings. The molecule has 4 N–H and O–H groups in total. The Bertz CT molecular complexity index is 2020. The highest BCUT2D eigenvalue weighted by Crippen LogP contribution is 2.45. The summed E-state index contributed by atoms with van der Waals surface area (Å²) in [6.45, 7) is 6.78. The molecule has 53 heavy (non-hydrogen) atoms. The van der Waals surface area contributed by atoms with E-state index >= 15 is 0 Å². The van der Waals surface area contributed by atoms with Crippen LogP contribution in [-0.2, 0) is 23.4 Å². The van der Waals surface area contributed by atoms with Crippen molar-refractivity contribution in [2.45, 2.75) is 63.8 Å². The molecule has 0 saturated carbocycles. The van der Waals surface area contributed by atoms with Crippen molar-refractivity contribution in [1.82, 2.24) is 30.6 Å². The number of benzene rings is 2. The Morgan fingerprint density at radius 3 is 2.77 bits per heavy atom. The van der Waals surface area contributed by atoms with Gasteiger partial charge in [-0.1, -0.05) is 66.2 Å². The molecule has 12 nitrogen and oxygen atoms in total. The number of aliphatic hydroxyl groups excluding tert-OH is 1. The molecule has 0 radical (unpaired) electrons. The Morgan fingerprint density at radius 2 is 2.00 bits per heavy atom. The minimum atomic E-state index is -1.09. The lowest BCUT2D eigenvalue weighted by Gasteiger charge is -2.38. The van der Waals surface area contributed by atoms with E-state index in [9.17, 15) is 15.2 Å². The third-order valence-electron chi connectivity index (χ3n) is 10.0. The number of nitrogens with one attached hydrogen (secondary N) is 2. The number of aryl methyl sites for hydroxylation is 1.